The van der Waals surface area contributed by atoms with Crippen molar-refractivity contribution >= 4 is 5.84 Å². The third kappa shape index (κ3) is 2.29. The monoisotopic (exact) mass is 219 g/mol. The average molecular weight is 219 g/mol. The third-order valence-corrected chi connectivity index (χ3v) is 3.63. The quantitative estimate of drug-likeness (QED) is 0.662. The lowest BCUT2D eigenvalue weighted by molar-refractivity contribution is 0.236. The van der Waals surface area contributed by atoms with Crippen molar-refractivity contribution in [3.05, 3.63) is 24.6 Å². The van der Waals surface area contributed by atoms with Gasteiger partial charge in [0.25, 0.3) is 0 Å². The Morgan fingerprint density at radius 1 is 1.44 bits per heavy atom. The summed E-state index contributed by atoms with van der Waals surface area (Å²) in [6.45, 7) is 9.22. The van der Waals surface area contributed by atoms with Gasteiger partial charge in [-0.05, 0) is 25.7 Å². The smallest absolute Gasteiger partial charge is 0.101 e. The molecular weight excluding hydrogens is 198 g/mol. The minimum absolute atomic E-state index is 0.711. The molecule has 0 saturated carbocycles. The van der Waals surface area contributed by atoms with E-state index in [1.54, 1.807) is 0 Å². The fourth-order valence-electron chi connectivity index (χ4n) is 2.27. The summed E-state index contributed by atoms with van der Waals surface area (Å²) in [7, 11) is 2.10. The number of amidine groups is 1. The van der Waals surface area contributed by atoms with Crippen LogP contribution in [0, 0.1) is 5.92 Å². The Morgan fingerprint density at radius 2 is 2.12 bits per heavy atom. The van der Waals surface area contributed by atoms with E-state index in [0.717, 1.165) is 25.5 Å². The van der Waals surface area contributed by atoms with Crippen molar-refractivity contribution in [2.75, 3.05) is 26.7 Å². The molecule has 0 aromatic rings. The van der Waals surface area contributed by atoms with Crippen LogP contribution in [0.2, 0.25) is 0 Å². The van der Waals surface area contributed by atoms with Crippen LogP contribution < -0.4 is 0 Å². The first kappa shape index (κ1) is 11.2. The third-order valence-electron chi connectivity index (χ3n) is 3.63. The van der Waals surface area contributed by atoms with Crippen LogP contribution in [0.3, 0.4) is 0 Å². The van der Waals surface area contributed by atoms with Gasteiger partial charge in [0, 0.05) is 26.3 Å². The van der Waals surface area contributed by atoms with Crippen molar-refractivity contribution in [1.29, 1.82) is 0 Å². The highest BCUT2D eigenvalue weighted by molar-refractivity contribution is 5.81. The van der Waals surface area contributed by atoms with Crippen LogP contribution in [0.15, 0.2) is 29.5 Å². The average Bonchev–Trinajstić information content (AvgIpc) is 2.33. The first-order chi connectivity index (χ1) is 7.70. The van der Waals surface area contributed by atoms with Crippen LogP contribution in [-0.4, -0.2) is 42.3 Å². The number of piperidine rings is 1. The van der Waals surface area contributed by atoms with E-state index in [-0.39, 0.29) is 0 Å². The Bertz CT molecular complexity index is 322. The number of aliphatic imine (C=N–C) groups is 1. The van der Waals surface area contributed by atoms with Crippen molar-refractivity contribution in [2.24, 2.45) is 10.9 Å². The van der Waals surface area contributed by atoms with Crippen LogP contribution in [0.5, 0.6) is 0 Å². The summed E-state index contributed by atoms with van der Waals surface area (Å²) in [5.41, 5.74) is 1.36. The van der Waals surface area contributed by atoms with E-state index in [1.165, 1.54) is 18.5 Å². The lowest BCUT2D eigenvalue weighted by Gasteiger charge is -2.36. The number of hydrogen-bond donors (Lipinski definition) is 0. The molecule has 0 aromatic carbocycles. The van der Waals surface area contributed by atoms with Gasteiger partial charge in [0.15, 0.2) is 0 Å². The maximum Gasteiger partial charge on any atom is 0.101 e. The van der Waals surface area contributed by atoms with Crippen LogP contribution in [-0.2, 0) is 0 Å². The van der Waals surface area contributed by atoms with Gasteiger partial charge in [-0.15, -0.1) is 6.58 Å². The van der Waals surface area contributed by atoms with E-state index >= 15 is 0 Å². The Kier molecular flexibility index (Phi) is 3.32. The van der Waals surface area contributed by atoms with E-state index < -0.39 is 0 Å². The molecule has 0 aliphatic carbocycles. The van der Waals surface area contributed by atoms with E-state index in [9.17, 15) is 0 Å². The summed E-state index contributed by atoms with van der Waals surface area (Å²) in [6, 6.07) is 0. The van der Waals surface area contributed by atoms with E-state index in [0.29, 0.717) is 5.92 Å². The van der Waals surface area contributed by atoms with Gasteiger partial charge in [-0.3, -0.25) is 0 Å². The van der Waals surface area contributed by atoms with Crippen molar-refractivity contribution in [2.45, 2.75) is 19.8 Å². The molecule has 2 heterocycles. The van der Waals surface area contributed by atoms with Crippen LogP contribution >= 0.6 is 0 Å². The van der Waals surface area contributed by atoms with Crippen molar-refractivity contribution < 1.29 is 0 Å². The van der Waals surface area contributed by atoms with Gasteiger partial charge in [-0.25, -0.2) is 4.99 Å². The number of rotatable bonds is 2. The standard InChI is InChI=1S/C13H21N3/c1-4-12-5-7-16(8-6-12)13-9-14-11(2)15(3)10-13/h4,9,12H,1,5-8,10H2,2-3H3. The van der Waals surface area contributed by atoms with Gasteiger partial charge < -0.3 is 9.80 Å². The molecule has 88 valence electrons. The molecule has 0 atom stereocenters. The molecule has 1 fully saturated rings. The highest BCUT2D eigenvalue weighted by Crippen LogP contribution is 2.22. The maximum absolute atomic E-state index is 4.43. The Morgan fingerprint density at radius 3 is 2.69 bits per heavy atom. The van der Waals surface area contributed by atoms with Gasteiger partial charge in [0.2, 0.25) is 0 Å². The van der Waals surface area contributed by atoms with Crippen molar-refractivity contribution in [1.82, 2.24) is 9.80 Å². The van der Waals surface area contributed by atoms with Crippen LogP contribution in [0.25, 0.3) is 0 Å². The zero-order valence-electron chi connectivity index (χ0n) is 10.3. The van der Waals surface area contributed by atoms with Crippen LogP contribution in [0.4, 0.5) is 0 Å². The summed E-state index contributed by atoms with van der Waals surface area (Å²) in [5, 5.41) is 0. The van der Waals surface area contributed by atoms with Gasteiger partial charge in [-0.1, -0.05) is 6.08 Å². The highest BCUT2D eigenvalue weighted by atomic mass is 15.2. The largest absolute Gasteiger partial charge is 0.372 e. The fourth-order valence-corrected chi connectivity index (χ4v) is 2.27. The lowest BCUT2D eigenvalue weighted by atomic mass is 9.97. The number of allylic oxidation sites excluding steroid dienone is 1. The molecule has 0 spiro atoms. The minimum Gasteiger partial charge on any atom is -0.372 e. The molecule has 3 heteroatoms. The molecule has 3 nitrogen and oxygen atoms in total. The summed E-state index contributed by atoms with van der Waals surface area (Å²) < 4.78 is 0. The summed E-state index contributed by atoms with van der Waals surface area (Å²) in [5.74, 6) is 1.81. The Labute approximate surface area is 98.1 Å². The normalized spacial score (nSPS) is 22.9. The number of nitrogens with zero attached hydrogens (tertiary/aromatic N) is 3. The zero-order chi connectivity index (χ0) is 11.5. The zero-order valence-corrected chi connectivity index (χ0v) is 10.3. The first-order valence-corrected chi connectivity index (χ1v) is 6.03. The molecule has 0 amide bonds. The highest BCUT2D eigenvalue weighted by Gasteiger charge is 2.21. The molecule has 0 aromatic heterocycles. The predicted molar refractivity (Wildman–Crippen MR) is 68.3 cm³/mol. The number of likely N-dealkylation sites (tertiary alicyclic amines) is 1. The minimum atomic E-state index is 0.711. The maximum atomic E-state index is 4.43. The lowest BCUT2D eigenvalue weighted by Crippen LogP contribution is -2.39. The molecule has 0 radical (unpaired) electrons. The Hall–Kier alpha value is -1.25. The molecule has 0 unspecified atom stereocenters. The van der Waals surface area contributed by atoms with E-state index in [2.05, 4.69) is 41.4 Å². The molecule has 2 aliphatic heterocycles. The second-order valence-corrected chi connectivity index (χ2v) is 4.71. The van der Waals surface area contributed by atoms with Gasteiger partial charge in [0.05, 0.1) is 12.2 Å². The second kappa shape index (κ2) is 4.73. The van der Waals surface area contributed by atoms with Gasteiger partial charge in [0.1, 0.15) is 5.84 Å². The van der Waals surface area contributed by atoms with Gasteiger partial charge in [-0.2, -0.15) is 0 Å². The molecule has 0 N–H and O–H groups in total. The molecule has 16 heavy (non-hydrogen) atoms. The number of hydrogen-bond acceptors (Lipinski definition) is 3. The summed E-state index contributed by atoms with van der Waals surface area (Å²) >= 11 is 0. The molecule has 1 saturated heterocycles. The SMILES string of the molecule is C=CC1CCN(C2=CN=C(C)N(C)C2)CC1. The topological polar surface area (TPSA) is 18.8 Å². The Balaban J connectivity index is 1.97. The summed E-state index contributed by atoms with van der Waals surface area (Å²) in [4.78, 5) is 9.09. The molecule has 0 bridgehead atoms. The fraction of sp³-hybridized carbons (Fsp3) is 0.615. The molecule has 2 aliphatic rings. The first-order valence-electron chi connectivity index (χ1n) is 6.03. The van der Waals surface area contributed by atoms with Crippen molar-refractivity contribution in [3.63, 3.8) is 0 Å². The predicted octanol–water partition coefficient (Wildman–Crippen LogP) is 2.09. The van der Waals surface area contributed by atoms with Crippen molar-refractivity contribution in [3.8, 4) is 0 Å². The van der Waals surface area contributed by atoms with E-state index in [4.69, 9.17) is 0 Å². The van der Waals surface area contributed by atoms with E-state index in [1.807, 2.05) is 6.20 Å². The van der Waals surface area contributed by atoms with Crippen LogP contribution in [0.1, 0.15) is 19.8 Å². The summed E-state index contributed by atoms with van der Waals surface area (Å²) in [6.07, 6.45) is 6.59. The molecular formula is C13H21N3. The van der Waals surface area contributed by atoms with Gasteiger partial charge >= 0.3 is 0 Å². The molecule has 2 rings (SSSR count). The number of likely N-dealkylation sites (N-methyl/N-ethyl adjacent to an activating group) is 1. The second-order valence-electron chi connectivity index (χ2n) is 4.71.